The highest BCUT2D eigenvalue weighted by Crippen LogP contribution is 2.25. The summed E-state index contributed by atoms with van der Waals surface area (Å²) in [7, 11) is 1.56. The summed E-state index contributed by atoms with van der Waals surface area (Å²) in [5.74, 6) is 0.108. The summed E-state index contributed by atoms with van der Waals surface area (Å²) in [4.78, 5) is 37.8. The molecule has 2 aromatic rings. The van der Waals surface area contributed by atoms with Crippen molar-refractivity contribution in [3.8, 4) is 5.75 Å². The molecule has 2 amide bonds. The van der Waals surface area contributed by atoms with Crippen molar-refractivity contribution >= 4 is 35.2 Å². The summed E-state index contributed by atoms with van der Waals surface area (Å²) >= 11 is 1.23. The average molecular weight is 471 g/mol. The van der Waals surface area contributed by atoms with Crippen LogP contribution >= 0.6 is 11.8 Å². The van der Waals surface area contributed by atoms with Gasteiger partial charge in [0.15, 0.2) is 6.61 Å². The summed E-state index contributed by atoms with van der Waals surface area (Å²) in [5, 5.41) is 5.79. The molecule has 1 aliphatic rings. The van der Waals surface area contributed by atoms with Crippen LogP contribution in [0, 0.1) is 5.92 Å². The predicted octanol–water partition coefficient (Wildman–Crippen LogP) is 4.28. The van der Waals surface area contributed by atoms with E-state index in [2.05, 4.69) is 17.6 Å². The Morgan fingerprint density at radius 1 is 1.03 bits per heavy atom. The molecule has 0 aromatic heterocycles. The summed E-state index contributed by atoms with van der Waals surface area (Å²) in [6, 6.07) is 14.1. The van der Waals surface area contributed by atoms with Gasteiger partial charge in [-0.2, -0.15) is 0 Å². The van der Waals surface area contributed by atoms with E-state index < -0.39 is 5.97 Å². The second kappa shape index (κ2) is 12.3. The van der Waals surface area contributed by atoms with E-state index in [1.807, 2.05) is 0 Å². The Kier molecular flexibility index (Phi) is 9.18. The smallest absolute Gasteiger partial charge is 0.339 e. The fourth-order valence-electron chi connectivity index (χ4n) is 3.79. The zero-order valence-corrected chi connectivity index (χ0v) is 19.8. The second-order valence-corrected chi connectivity index (χ2v) is 9.09. The number of amides is 2. The average Bonchev–Trinajstić information content (AvgIpc) is 2.83. The van der Waals surface area contributed by atoms with Crippen LogP contribution in [0.3, 0.4) is 0 Å². The maximum Gasteiger partial charge on any atom is 0.339 e. The van der Waals surface area contributed by atoms with Gasteiger partial charge in [0.1, 0.15) is 5.75 Å². The SMILES string of the molecule is COc1cccc(NC(=O)CSc2ccccc2C(=O)OCC(=O)NC2CCCCC2C)c1. The number of hydrogen-bond donors (Lipinski definition) is 2. The van der Waals surface area contributed by atoms with Crippen LogP contribution in [0.15, 0.2) is 53.4 Å². The van der Waals surface area contributed by atoms with Crippen molar-refractivity contribution in [2.75, 3.05) is 24.8 Å². The molecule has 0 spiro atoms. The number of ether oxygens (including phenoxy) is 2. The molecule has 0 bridgehead atoms. The van der Waals surface area contributed by atoms with Gasteiger partial charge in [-0.25, -0.2) is 4.79 Å². The van der Waals surface area contributed by atoms with Crippen molar-refractivity contribution in [1.82, 2.24) is 5.32 Å². The molecule has 0 saturated heterocycles. The highest BCUT2D eigenvalue weighted by molar-refractivity contribution is 8.00. The number of rotatable bonds is 9. The van der Waals surface area contributed by atoms with Gasteiger partial charge in [0.05, 0.1) is 18.4 Å². The van der Waals surface area contributed by atoms with Crippen molar-refractivity contribution in [2.45, 2.75) is 43.5 Å². The molecule has 1 saturated carbocycles. The fraction of sp³-hybridized carbons (Fsp3) is 0.400. The lowest BCUT2D eigenvalue weighted by molar-refractivity contribution is -0.125. The van der Waals surface area contributed by atoms with Crippen molar-refractivity contribution in [3.05, 3.63) is 54.1 Å². The third-order valence-corrected chi connectivity index (χ3v) is 6.68. The maximum absolute atomic E-state index is 12.6. The van der Waals surface area contributed by atoms with Crippen molar-refractivity contribution in [3.63, 3.8) is 0 Å². The Morgan fingerprint density at radius 2 is 1.82 bits per heavy atom. The van der Waals surface area contributed by atoms with Gasteiger partial charge < -0.3 is 20.1 Å². The van der Waals surface area contributed by atoms with Crippen LogP contribution < -0.4 is 15.4 Å². The molecular formula is C25H30N2O5S. The normalized spacial score (nSPS) is 17.6. The van der Waals surface area contributed by atoms with E-state index in [1.165, 1.54) is 18.2 Å². The first-order valence-electron chi connectivity index (χ1n) is 11.1. The second-order valence-electron chi connectivity index (χ2n) is 8.08. The number of carbonyl (C=O) groups is 3. The van der Waals surface area contributed by atoms with Crippen LogP contribution in [0.4, 0.5) is 5.69 Å². The molecule has 0 heterocycles. The summed E-state index contributed by atoms with van der Waals surface area (Å²) in [5.41, 5.74) is 0.960. The molecule has 2 atom stereocenters. The first-order chi connectivity index (χ1) is 16.0. The lowest BCUT2D eigenvalue weighted by atomic mass is 9.86. The Labute approximate surface area is 198 Å². The van der Waals surface area contributed by atoms with Crippen molar-refractivity contribution < 1.29 is 23.9 Å². The van der Waals surface area contributed by atoms with E-state index in [0.717, 1.165) is 19.3 Å². The van der Waals surface area contributed by atoms with E-state index in [0.29, 0.717) is 27.8 Å². The van der Waals surface area contributed by atoms with Crippen LogP contribution in [0.25, 0.3) is 0 Å². The zero-order chi connectivity index (χ0) is 23.6. The minimum atomic E-state index is -0.585. The first-order valence-corrected chi connectivity index (χ1v) is 12.1. The topological polar surface area (TPSA) is 93.7 Å². The van der Waals surface area contributed by atoms with E-state index in [4.69, 9.17) is 9.47 Å². The van der Waals surface area contributed by atoms with Gasteiger partial charge in [0, 0.05) is 22.7 Å². The number of methoxy groups -OCH3 is 1. The number of carbonyl (C=O) groups excluding carboxylic acids is 3. The minimum Gasteiger partial charge on any atom is -0.497 e. The van der Waals surface area contributed by atoms with E-state index >= 15 is 0 Å². The summed E-state index contributed by atoms with van der Waals surface area (Å²) < 4.78 is 10.4. The lowest BCUT2D eigenvalue weighted by Gasteiger charge is -2.29. The highest BCUT2D eigenvalue weighted by atomic mass is 32.2. The van der Waals surface area contributed by atoms with Crippen LogP contribution in [-0.2, 0) is 14.3 Å². The van der Waals surface area contributed by atoms with E-state index in [9.17, 15) is 14.4 Å². The predicted molar refractivity (Wildman–Crippen MR) is 129 cm³/mol. The quantitative estimate of drug-likeness (QED) is 0.420. The molecule has 1 fully saturated rings. The highest BCUT2D eigenvalue weighted by Gasteiger charge is 2.23. The van der Waals surface area contributed by atoms with E-state index in [1.54, 1.807) is 55.6 Å². The Bertz CT molecular complexity index is 981. The van der Waals surface area contributed by atoms with Crippen LogP contribution in [0.2, 0.25) is 0 Å². The van der Waals surface area contributed by atoms with Gasteiger partial charge in [-0.1, -0.05) is 38.0 Å². The maximum atomic E-state index is 12.6. The first kappa shape index (κ1) is 24.6. The number of anilines is 1. The lowest BCUT2D eigenvalue weighted by Crippen LogP contribution is -2.42. The van der Waals surface area contributed by atoms with Gasteiger partial charge >= 0.3 is 5.97 Å². The molecule has 2 N–H and O–H groups in total. The van der Waals surface area contributed by atoms with Gasteiger partial charge in [0.25, 0.3) is 5.91 Å². The third kappa shape index (κ3) is 7.53. The molecule has 0 radical (unpaired) electrons. The molecular weight excluding hydrogens is 440 g/mol. The van der Waals surface area contributed by atoms with E-state index in [-0.39, 0.29) is 30.2 Å². The largest absolute Gasteiger partial charge is 0.497 e. The Hall–Kier alpha value is -3.00. The summed E-state index contributed by atoms with van der Waals surface area (Å²) in [6.07, 6.45) is 4.35. The molecule has 2 aromatic carbocycles. The Balaban J connectivity index is 1.50. The minimum absolute atomic E-state index is 0.113. The monoisotopic (exact) mass is 470 g/mol. The molecule has 0 aliphatic heterocycles. The zero-order valence-electron chi connectivity index (χ0n) is 19.0. The molecule has 3 rings (SSSR count). The Morgan fingerprint density at radius 3 is 2.61 bits per heavy atom. The molecule has 1 aliphatic carbocycles. The summed E-state index contributed by atoms with van der Waals surface area (Å²) in [6.45, 7) is 1.81. The molecule has 176 valence electrons. The number of nitrogens with one attached hydrogen (secondary N) is 2. The van der Waals surface area contributed by atoms with Crippen molar-refractivity contribution in [1.29, 1.82) is 0 Å². The molecule has 7 nitrogen and oxygen atoms in total. The van der Waals surface area contributed by atoms with Gasteiger partial charge in [0.2, 0.25) is 5.91 Å². The molecule has 33 heavy (non-hydrogen) atoms. The number of esters is 1. The molecule has 8 heteroatoms. The van der Waals surface area contributed by atoms with Gasteiger partial charge in [-0.05, 0) is 43.0 Å². The standard InChI is InChI=1S/C25H30N2O5S/c1-17-8-3-5-12-21(17)27-23(28)15-32-25(30)20-11-4-6-13-22(20)33-16-24(29)26-18-9-7-10-19(14-18)31-2/h4,6-7,9-11,13-14,17,21H,3,5,8,12,15-16H2,1-2H3,(H,26,29)(H,27,28). The number of benzene rings is 2. The van der Waals surface area contributed by atoms with Crippen molar-refractivity contribution in [2.24, 2.45) is 5.92 Å². The number of thioether (sulfide) groups is 1. The fourth-order valence-corrected chi connectivity index (χ4v) is 4.63. The third-order valence-electron chi connectivity index (χ3n) is 5.61. The van der Waals surface area contributed by atoms with Gasteiger partial charge in [-0.3, -0.25) is 9.59 Å². The van der Waals surface area contributed by atoms with Crippen LogP contribution in [0.5, 0.6) is 5.75 Å². The van der Waals surface area contributed by atoms with Crippen LogP contribution in [0.1, 0.15) is 43.0 Å². The molecule has 2 unspecified atom stereocenters. The van der Waals surface area contributed by atoms with Crippen LogP contribution in [-0.4, -0.2) is 43.3 Å². The number of hydrogen-bond acceptors (Lipinski definition) is 6. The van der Waals surface area contributed by atoms with Gasteiger partial charge in [-0.15, -0.1) is 11.8 Å².